The molecule has 0 heterocycles. The molecule has 6 heteroatoms. The van der Waals surface area contributed by atoms with E-state index >= 15 is 0 Å². The summed E-state index contributed by atoms with van der Waals surface area (Å²) in [4.78, 5) is 25.0. The van der Waals surface area contributed by atoms with Crippen LogP contribution in [0.1, 0.15) is 22.8 Å². The van der Waals surface area contributed by atoms with Crippen molar-refractivity contribution >= 4 is 24.2 Å². The highest BCUT2D eigenvalue weighted by Gasteiger charge is 2.10. The van der Waals surface area contributed by atoms with Gasteiger partial charge in [0.2, 0.25) is 5.91 Å². The molecule has 0 radical (unpaired) electrons. The first kappa shape index (κ1) is 19.4. The van der Waals surface area contributed by atoms with Crippen LogP contribution in [0.15, 0.2) is 24.3 Å². The van der Waals surface area contributed by atoms with Crippen LogP contribution in [0.25, 0.3) is 0 Å². The Labute approximate surface area is 132 Å². The number of hydrogen-bond donors (Lipinski definition) is 2. The molecule has 2 amide bonds. The molecule has 0 aliphatic rings. The van der Waals surface area contributed by atoms with Gasteiger partial charge in [-0.25, -0.2) is 0 Å². The van der Waals surface area contributed by atoms with Crippen LogP contribution in [-0.4, -0.2) is 43.9 Å². The van der Waals surface area contributed by atoms with Gasteiger partial charge in [-0.3, -0.25) is 9.59 Å². The van der Waals surface area contributed by atoms with Crippen LogP contribution < -0.4 is 11.1 Å². The fourth-order valence-corrected chi connectivity index (χ4v) is 1.73. The Morgan fingerprint density at radius 3 is 2.57 bits per heavy atom. The van der Waals surface area contributed by atoms with Crippen LogP contribution in [0.3, 0.4) is 0 Å². The third-order valence-electron chi connectivity index (χ3n) is 3.09. The Hall–Kier alpha value is -1.59. The zero-order chi connectivity index (χ0) is 15.1. The first-order valence-corrected chi connectivity index (χ1v) is 6.74. The SMILES string of the molecule is CC(CN)C(=O)NCCc1cccc(C(=O)N(C)C)c1.Cl. The van der Waals surface area contributed by atoms with Crippen LogP contribution in [0.2, 0.25) is 0 Å². The molecule has 1 aromatic carbocycles. The first-order chi connectivity index (χ1) is 9.45. The maximum absolute atomic E-state index is 11.8. The molecule has 0 saturated carbocycles. The topological polar surface area (TPSA) is 75.4 Å². The number of hydrogen-bond acceptors (Lipinski definition) is 3. The van der Waals surface area contributed by atoms with Crippen molar-refractivity contribution in [2.24, 2.45) is 11.7 Å². The summed E-state index contributed by atoms with van der Waals surface area (Å²) in [6, 6.07) is 7.46. The minimum absolute atomic E-state index is 0. The fraction of sp³-hybridized carbons (Fsp3) is 0.467. The van der Waals surface area contributed by atoms with E-state index in [-0.39, 0.29) is 30.1 Å². The van der Waals surface area contributed by atoms with E-state index in [2.05, 4.69) is 5.32 Å². The monoisotopic (exact) mass is 313 g/mol. The zero-order valence-corrected chi connectivity index (χ0v) is 13.6. The Bertz CT molecular complexity index is 478. The highest BCUT2D eigenvalue weighted by Crippen LogP contribution is 2.07. The molecule has 1 rings (SSSR count). The van der Waals surface area contributed by atoms with Gasteiger partial charge in [0.1, 0.15) is 0 Å². The maximum atomic E-state index is 11.8. The molecule has 21 heavy (non-hydrogen) atoms. The molecule has 1 aromatic rings. The van der Waals surface area contributed by atoms with E-state index in [1.54, 1.807) is 32.0 Å². The molecule has 0 aromatic heterocycles. The number of benzene rings is 1. The third-order valence-corrected chi connectivity index (χ3v) is 3.09. The van der Waals surface area contributed by atoms with Crippen molar-refractivity contribution < 1.29 is 9.59 Å². The lowest BCUT2D eigenvalue weighted by molar-refractivity contribution is -0.124. The summed E-state index contributed by atoms with van der Waals surface area (Å²) in [6.45, 7) is 2.69. The van der Waals surface area contributed by atoms with Gasteiger partial charge in [-0.2, -0.15) is 0 Å². The van der Waals surface area contributed by atoms with Gasteiger partial charge >= 0.3 is 0 Å². The van der Waals surface area contributed by atoms with Crippen molar-refractivity contribution in [1.82, 2.24) is 10.2 Å². The maximum Gasteiger partial charge on any atom is 0.253 e. The second-order valence-electron chi connectivity index (χ2n) is 5.08. The van der Waals surface area contributed by atoms with E-state index in [1.165, 1.54) is 0 Å². The lowest BCUT2D eigenvalue weighted by atomic mass is 10.1. The number of rotatable bonds is 6. The van der Waals surface area contributed by atoms with E-state index in [1.807, 2.05) is 18.2 Å². The van der Waals surface area contributed by atoms with Crippen LogP contribution in [-0.2, 0) is 11.2 Å². The number of carbonyl (C=O) groups excluding carboxylic acids is 2. The first-order valence-electron chi connectivity index (χ1n) is 6.74. The lowest BCUT2D eigenvalue weighted by Gasteiger charge is -2.12. The van der Waals surface area contributed by atoms with Gasteiger partial charge in [0, 0.05) is 38.7 Å². The Balaban J connectivity index is 0.00000400. The fourth-order valence-electron chi connectivity index (χ4n) is 1.73. The summed E-state index contributed by atoms with van der Waals surface area (Å²) >= 11 is 0. The molecule has 0 aliphatic heterocycles. The average molecular weight is 314 g/mol. The second kappa shape index (κ2) is 9.37. The lowest BCUT2D eigenvalue weighted by Crippen LogP contribution is -2.34. The van der Waals surface area contributed by atoms with E-state index < -0.39 is 0 Å². The highest BCUT2D eigenvalue weighted by atomic mass is 35.5. The molecule has 0 aliphatic carbocycles. The standard InChI is InChI=1S/C15H23N3O2.ClH/c1-11(10-16)14(19)17-8-7-12-5-4-6-13(9-12)15(20)18(2)3;/h4-6,9,11H,7-8,10,16H2,1-3H3,(H,17,19);1H. The van der Waals surface area contributed by atoms with E-state index in [0.29, 0.717) is 25.1 Å². The molecular weight excluding hydrogens is 290 g/mol. The summed E-state index contributed by atoms with van der Waals surface area (Å²) in [5.41, 5.74) is 7.12. The molecule has 1 unspecified atom stereocenters. The van der Waals surface area contributed by atoms with Gasteiger partial charge in [-0.1, -0.05) is 19.1 Å². The number of nitrogens with two attached hydrogens (primary N) is 1. The van der Waals surface area contributed by atoms with Gasteiger partial charge in [-0.05, 0) is 24.1 Å². The molecule has 0 fully saturated rings. The third kappa shape index (κ3) is 6.14. The van der Waals surface area contributed by atoms with E-state index in [0.717, 1.165) is 5.56 Å². The number of carbonyl (C=O) groups is 2. The summed E-state index contributed by atoms with van der Waals surface area (Å²) < 4.78 is 0. The van der Waals surface area contributed by atoms with Crippen molar-refractivity contribution in [3.05, 3.63) is 35.4 Å². The van der Waals surface area contributed by atoms with E-state index in [4.69, 9.17) is 5.73 Å². The Morgan fingerprint density at radius 1 is 1.33 bits per heavy atom. The van der Waals surface area contributed by atoms with Crippen molar-refractivity contribution in [3.63, 3.8) is 0 Å². The average Bonchev–Trinajstić information content (AvgIpc) is 2.45. The van der Waals surface area contributed by atoms with Crippen molar-refractivity contribution in [1.29, 1.82) is 0 Å². The zero-order valence-electron chi connectivity index (χ0n) is 12.8. The van der Waals surface area contributed by atoms with Gasteiger partial charge in [0.25, 0.3) is 5.91 Å². The molecule has 3 N–H and O–H groups in total. The van der Waals surface area contributed by atoms with E-state index in [9.17, 15) is 9.59 Å². The predicted molar refractivity (Wildman–Crippen MR) is 86.6 cm³/mol. The molecule has 0 saturated heterocycles. The van der Waals surface area contributed by atoms with Crippen LogP contribution >= 0.6 is 12.4 Å². The predicted octanol–water partition coefficient (Wildman–Crippen LogP) is 1.06. The van der Waals surface area contributed by atoms with Gasteiger partial charge in [0.15, 0.2) is 0 Å². The van der Waals surface area contributed by atoms with Crippen molar-refractivity contribution in [2.45, 2.75) is 13.3 Å². The molecule has 1 atom stereocenters. The molecule has 0 spiro atoms. The smallest absolute Gasteiger partial charge is 0.253 e. The van der Waals surface area contributed by atoms with Crippen LogP contribution in [0.4, 0.5) is 0 Å². The molecule has 5 nitrogen and oxygen atoms in total. The van der Waals surface area contributed by atoms with Crippen molar-refractivity contribution in [2.75, 3.05) is 27.2 Å². The van der Waals surface area contributed by atoms with Gasteiger partial charge in [0.05, 0.1) is 0 Å². The number of nitrogens with one attached hydrogen (secondary N) is 1. The quantitative estimate of drug-likeness (QED) is 0.824. The minimum atomic E-state index is -0.170. The summed E-state index contributed by atoms with van der Waals surface area (Å²) in [5, 5.41) is 2.84. The normalized spacial score (nSPS) is 11.2. The minimum Gasteiger partial charge on any atom is -0.355 e. The Morgan fingerprint density at radius 2 is 2.00 bits per heavy atom. The summed E-state index contributed by atoms with van der Waals surface area (Å²) in [6.07, 6.45) is 0.692. The largest absolute Gasteiger partial charge is 0.355 e. The highest BCUT2D eigenvalue weighted by molar-refractivity contribution is 5.94. The van der Waals surface area contributed by atoms with Crippen LogP contribution in [0.5, 0.6) is 0 Å². The summed E-state index contributed by atoms with van der Waals surface area (Å²) in [7, 11) is 3.45. The van der Waals surface area contributed by atoms with Crippen LogP contribution in [0, 0.1) is 5.92 Å². The molecular formula is C15H24ClN3O2. The number of halogens is 1. The van der Waals surface area contributed by atoms with Gasteiger partial charge in [-0.15, -0.1) is 12.4 Å². The van der Waals surface area contributed by atoms with Crippen molar-refractivity contribution in [3.8, 4) is 0 Å². The summed E-state index contributed by atoms with van der Waals surface area (Å²) in [5.74, 6) is -0.225. The van der Waals surface area contributed by atoms with Gasteiger partial charge < -0.3 is 16.0 Å². The molecule has 0 bridgehead atoms. The second-order valence-corrected chi connectivity index (χ2v) is 5.08. The number of amides is 2. The number of nitrogens with zero attached hydrogens (tertiary/aromatic N) is 1. The Kier molecular flexibility index (Phi) is 8.66. The molecule has 118 valence electrons.